The van der Waals surface area contributed by atoms with Gasteiger partial charge in [-0.05, 0) is 31.2 Å². The van der Waals surface area contributed by atoms with E-state index in [4.69, 9.17) is 23.9 Å². The number of nitrogens with zero attached hydrogens (tertiary/aromatic N) is 3. The summed E-state index contributed by atoms with van der Waals surface area (Å²) in [5.74, 6) is 0.250. The summed E-state index contributed by atoms with van der Waals surface area (Å²) in [5, 5.41) is 7.36. The van der Waals surface area contributed by atoms with Crippen molar-refractivity contribution < 1.29 is 28.5 Å². The Morgan fingerprint density at radius 3 is 2.37 bits per heavy atom. The Kier molecular flexibility index (Phi) is 7.06. The van der Waals surface area contributed by atoms with Crippen LogP contribution in [-0.2, 0) is 4.74 Å². The van der Waals surface area contributed by atoms with E-state index in [2.05, 4.69) is 14.9 Å². The Balaban J connectivity index is 1.80. The molecule has 11 heteroatoms. The van der Waals surface area contributed by atoms with Crippen LogP contribution < -0.4 is 19.5 Å². The Morgan fingerprint density at radius 2 is 1.71 bits per heavy atom. The van der Waals surface area contributed by atoms with E-state index >= 15 is 0 Å². The molecule has 1 N–H and O–H groups in total. The molecule has 0 fully saturated rings. The lowest BCUT2D eigenvalue weighted by molar-refractivity contribution is 0.0520. The zero-order valence-electron chi connectivity index (χ0n) is 19.4. The van der Waals surface area contributed by atoms with Crippen LogP contribution in [0.3, 0.4) is 0 Å². The van der Waals surface area contributed by atoms with Gasteiger partial charge in [0.25, 0.3) is 5.91 Å². The first kappa shape index (κ1) is 23.9. The number of anilines is 1. The van der Waals surface area contributed by atoms with Crippen LogP contribution >= 0.6 is 11.5 Å². The average molecular weight is 495 g/mol. The molecule has 10 nitrogen and oxygen atoms in total. The minimum atomic E-state index is -0.658. The van der Waals surface area contributed by atoms with Gasteiger partial charge >= 0.3 is 5.97 Å². The number of hydrogen-bond acceptors (Lipinski definition) is 10. The van der Waals surface area contributed by atoms with Crippen LogP contribution in [0.4, 0.5) is 5.00 Å². The summed E-state index contributed by atoms with van der Waals surface area (Å²) in [6, 6.07) is 12.4. The highest BCUT2D eigenvalue weighted by molar-refractivity contribution is 7.10. The predicted molar refractivity (Wildman–Crippen MR) is 131 cm³/mol. The van der Waals surface area contributed by atoms with Gasteiger partial charge in [-0.2, -0.15) is 0 Å². The van der Waals surface area contributed by atoms with Gasteiger partial charge in [0.15, 0.2) is 16.5 Å². The predicted octanol–water partition coefficient (Wildman–Crippen LogP) is 4.21. The molecule has 0 aliphatic carbocycles. The monoisotopic (exact) mass is 494 g/mol. The van der Waals surface area contributed by atoms with Crippen LogP contribution in [0.2, 0.25) is 0 Å². The summed E-state index contributed by atoms with van der Waals surface area (Å²) in [7, 11) is 4.58. The third-order valence-corrected chi connectivity index (χ3v) is 5.75. The van der Waals surface area contributed by atoms with Crippen molar-refractivity contribution in [3.05, 3.63) is 53.7 Å². The van der Waals surface area contributed by atoms with Crippen LogP contribution in [-0.4, -0.2) is 54.4 Å². The summed E-state index contributed by atoms with van der Waals surface area (Å²) in [5.41, 5.74) is 2.08. The van der Waals surface area contributed by atoms with Crippen molar-refractivity contribution in [1.29, 1.82) is 0 Å². The van der Waals surface area contributed by atoms with Gasteiger partial charge in [0.2, 0.25) is 11.4 Å². The number of ether oxygens (including phenoxy) is 4. The molecule has 4 aromatic rings. The largest absolute Gasteiger partial charge is 0.493 e. The maximum absolute atomic E-state index is 13.4. The third kappa shape index (κ3) is 4.71. The highest BCUT2D eigenvalue weighted by Crippen LogP contribution is 2.41. The van der Waals surface area contributed by atoms with Crippen molar-refractivity contribution in [2.24, 2.45) is 0 Å². The van der Waals surface area contributed by atoms with Gasteiger partial charge in [-0.15, -0.1) is 5.10 Å². The zero-order valence-corrected chi connectivity index (χ0v) is 20.3. The Hall–Kier alpha value is -4.25. The molecule has 0 radical (unpaired) electrons. The SMILES string of the molecule is CCOC(=O)c1nnsc1NC(=O)c1cc(-c2cc(OC)c(OC)c(OC)c2)nc2ccccc12. The van der Waals surface area contributed by atoms with Gasteiger partial charge in [-0.25, -0.2) is 9.78 Å². The molecule has 1 amide bonds. The smallest absolute Gasteiger partial charge is 0.362 e. The quantitative estimate of drug-likeness (QED) is 0.359. The van der Waals surface area contributed by atoms with Crippen LogP contribution in [0.1, 0.15) is 27.8 Å². The van der Waals surface area contributed by atoms with E-state index in [-0.39, 0.29) is 17.3 Å². The Morgan fingerprint density at radius 1 is 1.00 bits per heavy atom. The molecule has 0 aliphatic rings. The number of esters is 1. The zero-order chi connectivity index (χ0) is 24.9. The third-order valence-electron chi connectivity index (χ3n) is 5.11. The van der Waals surface area contributed by atoms with Crippen molar-refractivity contribution in [3.8, 4) is 28.5 Å². The number of rotatable bonds is 8. The van der Waals surface area contributed by atoms with Gasteiger partial charge in [0.05, 0.1) is 44.7 Å². The van der Waals surface area contributed by atoms with Crippen LogP contribution in [0.5, 0.6) is 17.2 Å². The number of methoxy groups -OCH3 is 3. The van der Waals surface area contributed by atoms with E-state index in [1.807, 2.05) is 18.2 Å². The van der Waals surface area contributed by atoms with E-state index < -0.39 is 11.9 Å². The van der Waals surface area contributed by atoms with Gasteiger partial charge in [0.1, 0.15) is 0 Å². The van der Waals surface area contributed by atoms with Gasteiger partial charge in [-0.3, -0.25) is 4.79 Å². The number of carbonyl (C=O) groups is 2. The molecule has 2 heterocycles. The number of benzene rings is 2. The second-order valence-electron chi connectivity index (χ2n) is 7.11. The molecule has 0 unspecified atom stereocenters. The average Bonchev–Trinajstić information content (AvgIpc) is 3.35. The van der Waals surface area contributed by atoms with Crippen molar-refractivity contribution >= 4 is 39.3 Å². The molecule has 35 heavy (non-hydrogen) atoms. The molecular formula is C24H22N4O6S. The molecule has 2 aromatic carbocycles. The van der Waals surface area contributed by atoms with Crippen molar-refractivity contribution in [1.82, 2.24) is 14.6 Å². The molecule has 0 saturated heterocycles. The Labute approximate surface area is 205 Å². The lowest BCUT2D eigenvalue weighted by Crippen LogP contribution is -2.15. The summed E-state index contributed by atoms with van der Waals surface area (Å²) >= 11 is 0.890. The van der Waals surface area contributed by atoms with E-state index in [9.17, 15) is 9.59 Å². The summed E-state index contributed by atoms with van der Waals surface area (Å²) in [6.07, 6.45) is 0. The number of aromatic nitrogens is 3. The van der Waals surface area contributed by atoms with Crippen molar-refractivity contribution in [2.75, 3.05) is 33.3 Å². The lowest BCUT2D eigenvalue weighted by atomic mass is 10.0. The second-order valence-corrected chi connectivity index (χ2v) is 7.87. The first-order chi connectivity index (χ1) is 17.0. The Bertz CT molecular complexity index is 1380. The first-order valence-electron chi connectivity index (χ1n) is 10.5. The minimum Gasteiger partial charge on any atom is -0.493 e. The van der Waals surface area contributed by atoms with E-state index in [0.717, 1.165) is 11.5 Å². The minimum absolute atomic E-state index is 0.0478. The topological polar surface area (TPSA) is 122 Å². The molecule has 0 atom stereocenters. The molecule has 4 rings (SSSR count). The molecular weight excluding hydrogens is 472 g/mol. The maximum Gasteiger partial charge on any atom is 0.362 e. The first-order valence-corrected chi connectivity index (χ1v) is 11.3. The standard InChI is InChI=1S/C24H22N4O6S/c1-5-34-24(30)20-23(35-28-27-20)26-22(29)15-12-17(25-16-9-7-6-8-14(15)16)13-10-18(31-2)21(33-4)19(11-13)32-3/h6-12H,5H2,1-4H3,(H,26,29). The fourth-order valence-electron chi connectivity index (χ4n) is 3.52. The van der Waals surface area contributed by atoms with Crippen LogP contribution in [0, 0.1) is 0 Å². The molecule has 0 spiro atoms. The number of hydrogen-bond donors (Lipinski definition) is 1. The maximum atomic E-state index is 13.4. The van der Waals surface area contributed by atoms with Crippen LogP contribution in [0.15, 0.2) is 42.5 Å². The van der Waals surface area contributed by atoms with Gasteiger partial charge in [0, 0.05) is 22.5 Å². The highest BCUT2D eigenvalue weighted by Gasteiger charge is 2.22. The molecule has 0 saturated carbocycles. The second kappa shape index (κ2) is 10.3. The molecule has 0 bridgehead atoms. The van der Waals surface area contributed by atoms with Crippen molar-refractivity contribution in [2.45, 2.75) is 6.92 Å². The molecule has 0 aliphatic heterocycles. The van der Waals surface area contributed by atoms with Crippen molar-refractivity contribution in [3.63, 3.8) is 0 Å². The highest BCUT2D eigenvalue weighted by atomic mass is 32.1. The number of nitrogens with one attached hydrogen (secondary N) is 1. The van der Waals surface area contributed by atoms with E-state index in [0.29, 0.717) is 45.0 Å². The number of fused-ring (bicyclic) bond motifs is 1. The molecule has 2 aromatic heterocycles. The van der Waals surface area contributed by atoms with Gasteiger partial charge < -0.3 is 24.3 Å². The molecule has 180 valence electrons. The van der Waals surface area contributed by atoms with E-state index in [1.54, 1.807) is 31.2 Å². The number of amides is 1. The summed E-state index contributed by atoms with van der Waals surface area (Å²) in [6.45, 7) is 1.86. The van der Waals surface area contributed by atoms with E-state index in [1.165, 1.54) is 21.3 Å². The number of para-hydroxylation sites is 1. The lowest BCUT2D eigenvalue weighted by Gasteiger charge is -2.15. The summed E-state index contributed by atoms with van der Waals surface area (Å²) < 4.78 is 25.1. The van der Waals surface area contributed by atoms with Gasteiger partial charge in [-0.1, -0.05) is 22.7 Å². The fourth-order valence-corrected chi connectivity index (χ4v) is 4.07. The number of pyridine rings is 1. The normalized spacial score (nSPS) is 10.6. The van der Waals surface area contributed by atoms with Crippen LogP contribution in [0.25, 0.3) is 22.2 Å². The summed E-state index contributed by atoms with van der Waals surface area (Å²) in [4.78, 5) is 30.3. The number of carbonyl (C=O) groups excluding carboxylic acids is 2. The fraction of sp³-hybridized carbons (Fsp3) is 0.208.